The zero-order valence-electron chi connectivity index (χ0n) is 13.1. The van der Waals surface area contributed by atoms with E-state index in [9.17, 15) is 23.2 Å². The summed E-state index contributed by atoms with van der Waals surface area (Å²) in [6, 6.07) is 3.05. The van der Waals surface area contributed by atoms with E-state index in [1.165, 1.54) is 11.0 Å². The molecular formula is C17H18F2N2O3. The Bertz CT molecular complexity index is 668. The number of anilines is 1. The molecule has 5 nitrogen and oxygen atoms in total. The smallest absolute Gasteiger partial charge is 0.233 e. The molecule has 0 spiro atoms. The number of carbonyl (C=O) groups is 3. The van der Waals surface area contributed by atoms with Crippen molar-refractivity contribution >= 4 is 23.4 Å². The largest absolute Gasteiger partial charge is 0.326 e. The number of halogens is 2. The van der Waals surface area contributed by atoms with Crippen molar-refractivity contribution in [2.75, 3.05) is 11.9 Å². The van der Waals surface area contributed by atoms with Crippen molar-refractivity contribution < 1.29 is 23.2 Å². The SMILES string of the molecule is O=C(CCN1C(=O)[C@H]2CCCC[C@@H]2C1=O)Nc1ccc(F)c(F)c1. The molecule has 3 rings (SSSR count). The number of rotatable bonds is 4. The average molecular weight is 336 g/mol. The fraction of sp³-hybridized carbons (Fsp3) is 0.471. The molecule has 3 amide bonds. The molecular weight excluding hydrogens is 318 g/mol. The van der Waals surface area contributed by atoms with E-state index in [0.717, 1.165) is 37.8 Å². The normalized spacial score (nSPS) is 23.3. The average Bonchev–Trinajstić information content (AvgIpc) is 2.81. The van der Waals surface area contributed by atoms with Crippen LogP contribution in [-0.2, 0) is 14.4 Å². The first-order valence-corrected chi connectivity index (χ1v) is 8.07. The highest BCUT2D eigenvalue weighted by Gasteiger charge is 2.47. The van der Waals surface area contributed by atoms with Crippen LogP contribution in [0.1, 0.15) is 32.1 Å². The Morgan fingerprint density at radius 2 is 1.71 bits per heavy atom. The molecule has 1 aliphatic carbocycles. The van der Waals surface area contributed by atoms with Crippen molar-refractivity contribution in [3.63, 3.8) is 0 Å². The summed E-state index contributed by atoms with van der Waals surface area (Å²) in [6.07, 6.45) is 3.28. The van der Waals surface area contributed by atoms with Gasteiger partial charge < -0.3 is 5.32 Å². The van der Waals surface area contributed by atoms with Gasteiger partial charge in [0, 0.05) is 24.7 Å². The molecule has 7 heteroatoms. The van der Waals surface area contributed by atoms with E-state index in [2.05, 4.69) is 5.32 Å². The summed E-state index contributed by atoms with van der Waals surface area (Å²) in [5, 5.41) is 2.43. The fourth-order valence-electron chi connectivity index (χ4n) is 3.46. The number of carbonyl (C=O) groups excluding carboxylic acids is 3. The number of imide groups is 1. The third-order valence-corrected chi connectivity index (χ3v) is 4.70. The molecule has 1 saturated carbocycles. The molecule has 0 radical (unpaired) electrons. The Morgan fingerprint density at radius 1 is 1.08 bits per heavy atom. The molecule has 1 saturated heterocycles. The van der Waals surface area contributed by atoms with E-state index in [0.29, 0.717) is 0 Å². The number of likely N-dealkylation sites (tertiary alicyclic amines) is 1. The maximum Gasteiger partial charge on any atom is 0.233 e. The van der Waals surface area contributed by atoms with Crippen molar-refractivity contribution in [1.29, 1.82) is 0 Å². The summed E-state index contributed by atoms with van der Waals surface area (Å²) < 4.78 is 26.0. The number of fused-ring (bicyclic) bond motifs is 1. The van der Waals surface area contributed by atoms with E-state index >= 15 is 0 Å². The summed E-state index contributed by atoms with van der Waals surface area (Å²) in [7, 11) is 0. The Labute approximate surface area is 138 Å². The van der Waals surface area contributed by atoms with Crippen molar-refractivity contribution in [1.82, 2.24) is 4.90 Å². The van der Waals surface area contributed by atoms with E-state index in [1.54, 1.807) is 0 Å². The van der Waals surface area contributed by atoms with Crippen molar-refractivity contribution in [3.8, 4) is 0 Å². The predicted molar refractivity (Wildman–Crippen MR) is 81.8 cm³/mol. The van der Waals surface area contributed by atoms with Crippen LogP contribution in [0.25, 0.3) is 0 Å². The van der Waals surface area contributed by atoms with Gasteiger partial charge in [-0.25, -0.2) is 8.78 Å². The highest BCUT2D eigenvalue weighted by molar-refractivity contribution is 6.05. The van der Waals surface area contributed by atoms with E-state index in [4.69, 9.17) is 0 Å². The molecule has 2 atom stereocenters. The molecule has 0 bridgehead atoms. The summed E-state index contributed by atoms with van der Waals surface area (Å²) in [4.78, 5) is 37.7. The van der Waals surface area contributed by atoms with Crippen molar-refractivity contribution in [2.24, 2.45) is 11.8 Å². The van der Waals surface area contributed by atoms with Gasteiger partial charge >= 0.3 is 0 Å². The lowest BCUT2D eigenvalue weighted by Gasteiger charge is -2.19. The minimum atomic E-state index is -1.05. The lowest BCUT2D eigenvalue weighted by molar-refractivity contribution is -0.140. The van der Waals surface area contributed by atoms with Crippen LogP contribution in [-0.4, -0.2) is 29.2 Å². The van der Waals surface area contributed by atoms with Crippen LogP contribution >= 0.6 is 0 Å². The topological polar surface area (TPSA) is 66.5 Å². The zero-order chi connectivity index (χ0) is 17.3. The second kappa shape index (κ2) is 6.67. The number of benzene rings is 1. The van der Waals surface area contributed by atoms with Gasteiger partial charge in [-0.2, -0.15) is 0 Å². The van der Waals surface area contributed by atoms with Gasteiger partial charge in [0.05, 0.1) is 11.8 Å². The van der Waals surface area contributed by atoms with Crippen LogP contribution in [0.2, 0.25) is 0 Å². The summed E-state index contributed by atoms with van der Waals surface area (Å²) in [5.41, 5.74) is 0.131. The molecule has 128 valence electrons. The third-order valence-electron chi connectivity index (χ3n) is 4.70. The standard InChI is InChI=1S/C17H18F2N2O3/c18-13-6-5-10(9-14(13)19)20-15(22)7-8-21-16(23)11-3-1-2-4-12(11)17(21)24/h5-6,9,11-12H,1-4,7-8H2,(H,20,22)/t11-,12-/m0/s1. The lowest BCUT2D eigenvalue weighted by Crippen LogP contribution is -2.34. The van der Waals surface area contributed by atoms with Crippen molar-refractivity contribution in [2.45, 2.75) is 32.1 Å². The number of nitrogens with one attached hydrogen (secondary N) is 1. The van der Waals surface area contributed by atoms with Gasteiger partial charge in [-0.1, -0.05) is 12.8 Å². The Kier molecular flexibility index (Phi) is 4.59. The first-order chi connectivity index (χ1) is 11.5. The van der Waals surface area contributed by atoms with Gasteiger partial charge in [0.1, 0.15) is 0 Å². The van der Waals surface area contributed by atoms with Gasteiger partial charge in [0.15, 0.2) is 11.6 Å². The summed E-state index contributed by atoms with van der Waals surface area (Å²) in [6.45, 7) is 0.0141. The Balaban J connectivity index is 1.57. The number of hydrogen-bond donors (Lipinski definition) is 1. The second-order valence-electron chi connectivity index (χ2n) is 6.25. The van der Waals surface area contributed by atoms with E-state index < -0.39 is 17.5 Å². The molecule has 0 unspecified atom stereocenters. The maximum absolute atomic E-state index is 13.1. The first kappa shape index (κ1) is 16.5. The number of hydrogen-bond acceptors (Lipinski definition) is 3. The molecule has 1 N–H and O–H groups in total. The Hall–Kier alpha value is -2.31. The minimum absolute atomic E-state index is 0.0141. The van der Waals surface area contributed by atoms with Crippen LogP contribution in [0, 0.1) is 23.5 Å². The van der Waals surface area contributed by atoms with E-state index in [1.807, 2.05) is 0 Å². The van der Waals surface area contributed by atoms with Crippen LogP contribution < -0.4 is 5.32 Å². The highest BCUT2D eigenvalue weighted by Crippen LogP contribution is 2.37. The lowest BCUT2D eigenvalue weighted by atomic mass is 9.81. The van der Waals surface area contributed by atoms with Gasteiger partial charge in [0.2, 0.25) is 17.7 Å². The molecule has 24 heavy (non-hydrogen) atoms. The first-order valence-electron chi connectivity index (χ1n) is 8.07. The quantitative estimate of drug-likeness (QED) is 0.859. The van der Waals surface area contributed by atoms with Crippen molar-refractivity contribution in [3.05, 3.63) is 29.8 Å². The second-order valence-corrected chi connectivity index (χ2v) is 6.25. The van der Waals surface area contributed by atoms with E-state index in [-0.39, 0.29) is 42.3 Å². The predicted octanol–water partition coefficient (Wildman–Crippen LogP) is 2.47. The number of nitrogens with zero attached hydrogens (tertiary/aromatic N) is 1. The van der Waals surface area contributed by atoms with Gasteiger partial charge in [-0.3, -0.25) is 19.3 Å². The van der Waals surface area contributed by atoms with Gasteiger partial charge in [-0.05, 0) is 25.0 Å². The third kappa shape index (κ3) is 3.16. The summed E-state index contributed by atoms with van der Waals surface area (Å²) >= 11 is 0. The van der Waals surface area contributed by atoms with Crippen LogP contribution in [0.5, 0.6) is 0 Å². The fourth-order valence-corrected chi connectivity index (χ4v) is 3.46. The van der Waals surface area contributed by atoms with Crippen LogP contribution in [0.4, 0.5) is 14.5 Å². The number of amides is 3. The molecule has 1 aliphatic heterocycles. The monoisotopic (exact) mass is 336 g/mol. The van der Waals surface area contributed by atoms with Gasteiger partial charge in [-0.15, -0.1) is 0 Å². The maximum atomic E-state index is 13.1. The van der Waals surface area contributed by atoms with Crippen LogP contribution in [0.3, 0.4) is 0 Å². The molecule has 2 aliphatic rings. The minimum Gasteiger partial charge on any atom is -0.326 e. The highest BCUT2D eigenvalue weighted by atomic mass is 19.2. The zero-order valence-corrected chi connectivity index (χ0v) is 13.1. The molecule has 2 fully saturated rings. The molecule has 1 aromatic carbocycles. The molecule has 1 heterocycles. The molecule has 0 aromatic heterocycles. The Morgan fingerprint density at radius 3 is 2.29 bits per heavy atom. The van der Waals surface area contributed by atoms with Crippen LogP contribution in [0.15, 0.2) is 18.2 Å². The summed E-state index contributed by atoms with van der Waals surface area (Å²) in [5.74, 6) is -3.36. The molecule has 1 aromatic rings. The van der Waals surface area contributed by atoms with Gasteiger partial charge in [0.25, 0.3) is 0 Å².